The van der Waals surface area contributed by atoms with E-state index in [0.29, 0.717) is 5.69 Å². The topological polar surface area (TPSA) is 67.3 Å². The summed E-state index contributed by atoms with van der Waals surface area (Å²) in [6.07, 6.45) is -1.33. The van der Waals surface area contributed by atoms with Gasteiger partial charge in [0.15, 0.2) is 11.5 Å². The molecule has 2 aromatic rings. The lowest BCUT2D eigenvalue weighted by molar-refractivity contribution is -0.274. The number of aromatic nitrogens is 2. The van der Waals surface area contributed by atoms with E-state index >= 15 is 0 Å². The lowest BCUT2D eigenvalue weighted by Gasteiger charge is -2.27. The van der Waals surface area contributed by atoms with Crippen molar-refractivity contribution in [2.24, 2.45) is 0 Å². The van der Waals surface area contributed by atoms with Gasteiger partial charge in [0.2, 0.25) is 0 Å². The molecule has 0 aliphatic carbocycles. The highest BCUT2D eigenvalue weighted by molar-refractivity contribution is 6.02. The molecule has 26 heavy (non-hydrogen) atoms. The molecule has 0 atom stereocenters. The Kier molecular flexibility index (Phi) is 5.24. The van der Waals surface area contributed by atoms with Gasteiger partial charge in [-0.15, -0.1) is 23.4 Å². The van der Waals surface area contributed by atoms with E-state index in [4.69, 9.17) is 0 Å². The Hall–Kier alpha value is -2.84. The minimum absolute atomic E-state index is 0.126. The number of piperidine rings is 1. The molecule has 1 saturated heterocycles. The van der Waals surface area contributed by atoms with Gasteiger partial charge in [0.25, 0.3) is 5.91 Å². The zero-order valence-electron chi connectivity index (χ0n) is 13.8. The maximum Gasteiger partial charge on any atom is 0.573 e. The van der Waals surface area contributed by atoms with Gasteiger partial charge in [0, 0.05) is 18.8 Å². The van der Waals surface area contributed by atoms with Crippen molar-refractivity contribution in [1.29, 1.82) is 0 Å². The summed E-state index contributed by atoms with van der Waals surface area (Å²) in [6.45, 7) is 1.85. The predicted octanol–water partition coefficient (Wildman–Crippen LogP) is 3.62. The van der Waals surface area contributed by atoms with E-state index in [0.717, 1.165) is 43.9 Å². The van der Waals surface area contributed by atoms with Crippen LogP contribution in [0.4, 0.5) is 24.7 Å². The van der Waals surface area contributed by atoms with Gasteiger partial charge >= 0.3 is 6.36 Å². The molecule has 1 aliphatic rings. The molecule has 0 radical (unpaired) electrons. The van der Waals surface area contributed by atoms with Crippen LogP contribution in [-0.2, 0) is 0 Å². The molecule has 1 aliphatic heterocycles. The third kappa shape index (κ3) is 4.84. The van der Waals surface area contributed by atoms with E-state index in [1.165, 1.54) is 18.6 Å². The number of ether oxygens (including phenoxy) is 1. The van der Waals surface area contributed by atoms with Crippen LogP contribution in [0, 0.1) is 0 Å². The smallest absolute Gasteiger partial charge is 0.406 e. The van der Waals surface area contributed by atoms with Gasteiger partial charge in [-0.3, -0.25) is 4.79 Å². The van der Waals surface area contributed by atoms with E-state index in [1.54, 1.807) is 12.1 Å². The molecule has 1 aromatic carbocycles. The first-order valence-corrected chi connectivity index (χ1v) is 8.16. The molecule has 1 amide bonds. The normalized spacial score (nSPS) is 14.8. The zero-order valence-corrected chi connectivity index (χ0v) is 13.8. The Morgan fingerprint density at radius 1 is 1.00 bits per heavy atom. The highest BCUT2D eigenvalue weighted by Gasteiger charge is 2.31. The Morgan fingerprint density at radius 2 is 1.69 bits per heavy atom. The molecule has 1 fully saturated rings. The fraction of sp³-hybridized carbons (Fsp3) is 0.353. The summed E-state index contributed by atoms with van der Waals surface area (Å²) in [4.78, 5) is 14.3. The van der Waals surface area contributed by atoms with Gasteiger partial charge in [-0.25, -0.2) is 0 Å². The summed E-state index contributed by atoms with van der Waals surface area (Å²) < 4.78 is 40.2. The van der Waals surface area contributed by atoms with Crippen molar-refractivity contribution in [2.75, 3.05) is 23.3 Å². The first kappa shape index (κ1) is 18.0. The maximum atomic E-state index is 12.2. The average Bonchev–Trinajstić information content (AvgIpc) is 2.63. The SMILES string of the molecule is O=C(Nc1ccc(OC(F)(F)F)cc1)c1ccc(N2CCCCC2)nn1. The van der Waals surface area contributed by atoms with Gasteiger partial charge in [-0.1, -0.05) is 0 Å². The molecule has 138 valence electrons. The molecule has 3 rings (SSSR count). The number of nitrogens with zero attached hydrogens (tertiary/aromatic N) is 3. The molecule has 0 spiro atoms. The van der Waals surface area contributed by atoms with E-state index < -0.39 is 12.3 Å². The van der Waals surface area contributed by atoms with Gasteiger partial charge < -0.3 is 15.0 Å². The Morgan fingerprint density at radius 3 is 2.27 bits per heavy atom. The van der Waals surface area contributed by atoms with E-state index in [2.05, 4.69) is 25.2 Å². The van der Waals surface area contributed by atoms with Gasteiger partial charge in [-0.2, -0.15) is 0 Å². The van der Waals surface area contributed by atoms with Gasteiger partial charge in [-0.05, 0) is 55.7 Å². The van der Waals surface area contributed by atoms with Crippen molar-refractivity contribution in [1.82, 2.24) is 10.2 Å². The van der Waals surface area contributed by atoms with Gasteiger partial charge in [0.1, 0.15) is 5.75 Å². The molecule has 0 saturated carbocycles. The lowest BCUT2D eigenvalue weighted by atomic mass is 10.1. The molecule has 1 aromatic heterocycles. The van der Waals surface area contributed by atoms with Gasteiger partial charge in [0.05, 0.1) is 0 Å². The molecule has 6 nitrogen and oxygen atoms in total. The second kappa shape index (κ2) is 7.59. The first-order valence-electron chi connectivity index (χ1n) is 8.16. The fourth-order valence-corrected chi connectivity index (χ4v) is 2.67. The van der Waals surface area contributed by atoms with Crippen LogP contribution in [0.3, 0.4) is 0 Å². The molecular weight excluding hydrogens is 349 g/mol. The second-order valence-corrected chi connectivity index (χ2v) is 5.85. The molecule has 2 heterocycles. The zero-order chi connectivity index (χ0) is 18.6. The van der Waals surface area contributed by atoms with Crippen molar-refractivity contribution < 1.29 is 22.7 Å². The van der Waals surface area contributed by atoms with Crippen LogP contribution >= 0.6 is 0 Å². The number of anilines is 2. The number of hydrogen-bond acceptors (Lipinski definition) is 5. The van der Waals surface area contributed by atoms with Crippen LogP contribution < -0.4 is 15.0 Å². The van der Waals surface area contributed by atoms with Crippen molar-refractivity contribution in [3.05, 3.63) is 42.1 Å². The van der Waals surface area contributed by atoms with Crippen LogP contribution in [0.25, 0.3) is 0 Å². The van der Waals surface area contributed by atoms with E-state index in [9.17, 15) is 18.0 Å². The molecule has 1 N–H and O–H groups in total. The van der Waals surface area contributed by atoms with Crippen molar-refractivity contribution >= 4 is 17.4 Å². The summed E-state index contributed by atoms with van der Waals surface area (Å²) in [5.41, 5.74) is 0.452. The summed E-state index contributed by atoms with van der Waals surface area (Å²) >= 11 is 0. The van der Waals surface area contributed by atoms with Crippen LogP contribution in [0.2, 0.25) is 0 Å². The third-order valence-electron chi connectivity index (χ3n) is 3.91. The lowest BCUT2D eigenvalue weighted by Crippen LogP contribution is -2.30. The summed E-state index contributed by atoms with van der Waals surface area (Å²) in [5, 5.41) is 10.6. The Balaban J connectivity index is 1.60. The summed E-state index contributed by atoms with van der Waals surface area (Å²) in [6, 6.07) is 8.19. The fourth-order valence-electron chi connectivity index (χ4n) is 2.67. The number of nitrogens with one attached hydrogen (secondary N) is 1. The number of amides is 1. The van der Waals surface area contributed by atoms with E-state index in [-0.39, 0.29) is 11.4 Å². The number of halogens is 3. The summed E-state index contributed by atoms with van der Waals surface area (Å²) in [5.74, 6) is -0.122. The van der Waals surface area contributed by atoms with Crippen molar-refractivity contribution in [3.63, 3.8) is 0 Å². The van der Waals surface area contributed by atoms with Crippen LogP contribution in [0.5, 0.6) is 5.75 Å². The summed E-state index contributed by atoms with van der Waals surface area (Å²) in [7, 11) is 0. The Bertz CT molecular complexity index is 742. The minimum Gasteiger partial charge on any atom is -0.406 e. The number of alkyl halides is 3. The minimum atomic E-state index is -4.75. The molecule has 9 heteroatoms. The highest BCUT2D eigenvalue weighted by atomic mass is 19.4. The van der Waals surface area contributed by atoms with Crippen LogP contribution in [0.15, 0.2) is 36.4 Å². The highest BCUT2D eigenvalue weighted by Crippen LogP contribution is 2.24. The van der Waals surface area contributed by atoms with Crippen LogP contribution in [-0.4, -0.2) is 35.6 Å². The average molecular weight is 366 g/mol. The second-order valence-electron chi connectivity index (χ2n) is 5.85. The van der Waals surface area contributed by atoms with Crippen LogP contribution in [0.1, 0.15) is 29.8 Å². The maximum absolute atomic E-state index is 12.2. The van der Waals surface area contributed by atoms with Crippen molar-refractivity contribution in [2.45, 2.75) is 25.6 Å². The number of carbonyl (C=O) groups is 1. The number of rotatable bonds is 4. The Labute approximate surface area is 148 Å². The van der Waals surface area contributed by atoms with Crippen molar-refractivity contribution in [3.8, 4) is 5.75 Å². The van der Waals surface area contributed by atoms with E-state index in [1.807, 2.05) is 0 Å². The first-order chi connectivity index (χ1) is 12.4. The largest absolute Gasteiger partial charge is 0.573 e. The monoisotopic (exact) mass is 366 g/mol. The predicted molar refractivity (Wildman–Crippen MR) is 89.2 cm³/mol. The number of hydrogen-bond donors (Lipinski definition) is 1. The molecule has 0 unspecified atom stereocenters. The number of benzene rings is 1. The third-order valence-corrected chi connectivity index (χ3v) is 3.91. The molecular formula is C17H17F3N4O2. The quantitative estimate of drug-likeness (QED) is 0.895. The number of carbonyl (C=O) groups excluding carboxylic acids is 1. The molecule has 0 bridgehead atoms. The standard InChI is InChI=1S/C17H17F3N4O2/c18-17(19,20)26-13-6-4-12(5-7-13)21-16(25)14-8-9-15(23-22-14)24-10-2-1-3-11-24/h4-9H,1-3,10-11H2,(H,21,25).